The van der Waals surface area contributed by atoms with Gasteiger partial charge >= 0.3 is 0 Å². The molecule has 0 fully saturated rings. The Hall–Kier alpha value is -2.36. The van der Waals surface area contributed by atoms with Gasteiger partial charge in [0.15, 0.2) is 29.0 Å². The summed E-state index contributed by atoms with van der Waals surface area (Å²) in [7, 11) is 4.83. The summed E-state index contributed by atoms with van der Waals surface area (Å²) in [5.74, 6) is 3.16. The minimum absolute atomic E-state index is 0. The highest BCUT2D eigenvalue weighted by molar-refractivity contribution is 14.0. The highest BCUT2D eigenvalue weighted by atomic mass is 127. The quantitative estimate of drug-likeness (QED) is 0.215. The smallest absolute Gasteiger partial charge is 0.193 e. The Morgan fingerprint density at radius 3 is 2.24 bits per heavy atom. The van der Waals surface area contributed by atoms with Crippen LogP contribution in [0, 0.1) is 0 Å². The number of guanidine groups is 1. The number of ether oxygens (including phenoxy) is 4. The average Bonchev–Trinajstić information content (AvgIpc) is 2.71. The molecule has 0 heterocycles. The van der Waals surface area contributed by atoms with Gasteiger partial charge in [-0.25, -0.2) is 0 Å². The van der Waals surface area contributed by atoms with Crippen molar-refractivity contribution in [2.45, 2.75) is 19.8 Å². The minimum Gasteiger partial charge on any atom is -0.493 e. The van der Waals surface area contributed by atoms with E-state index < -0.39 is 0 Å². The first-order chi connectivity index (χ1) is 13.6. The summed E-state index contributed by atoms with van der Waals surface area (Å²) in [5, 5.41) is 3.06. The maximum absolute atomic E-state index is 5.98. The number of nitrogens with one attached hydrogen (secondary N) is 1. The Bertz CT molecular complexity index is 799. The second-order valence-corrected chi connectivity index (χ2v) is 5.98. The zero-order chi connectivity index (χ0) is 20.4. The molecule has 2 rings (SSSR count). The number of aryl methyl sites for hydroxylation is 1. The Morgan fingerprint density at radius 1 is 0.931 bits per heavy atom. The Kier molecular flexibility index (Phi) is 11.0. The third-order valence-electron chi connectivity index (χ3n) is 4.09. The van der Waals surface area contributed by atoms with E-state index in [1.165, 1.54) is 5.56 Å². The molecule has 0 atom stereocenters. The van der Waals surface area contributed by atoms with Crippen LogP contribution >= 0.6 is 24.0 Å². The lowest BCUT2D eigenvalue weighted by molar-refractivity contribution is 0.310. The first-order valence-electron chi connectivity index (χ1n) is 9.20. The number of halogens is 1. The molecule has 0 radical (unpaired) electrons. The fourth-order valence-electron chi connectivity index (χ4n) is 2.73. The predicted octanol–water partition coefficient (Wildman–Crippen LogP) is 4.09. The molecule has 3 N–H and O–H groups in total. The lowest BCUT2D eigenvalue weighted by Gasteiger charge is -2.11. The van der Waals surface area contributed by atoms with Crippen LogP contribution in [0.5, 0.6) is 23.0 Å². The van der Waals surface area contributed by atoms with Gasteiger partial charge in [0, 0.05) is 18.3 Å². The van der Waals surface area contributed by atoms with Crippen molar-refractivity contribution in [3.05, 3.63) is 42.0 Å². The largest absolute Gasteiger partial charge is 0.493 e. The Balaban J connectivity index is 0.00000420. The monoisotopic (exact) mass is 515 g/mol. The highest BCUT2D eigenvalue weighted by Gasteiger charge is 2.06. The molecule has 0 aliphatic carbocycles. The van der Waals surface area contributed by atoms with Gasteiger partial charge in [0.1, 0.15) is 0 Å². The van der Waals surface area contributed by atoms with Crippen molar-refractivity contribution in [2.24, 2.45) is 10.7 Å². The van der Waals surface area contributed by atoms with E-state index in [9.17, 15) is 0 Å². The maximum atomic E-state index is 5.98. The van der Waals surface area contributed by atoms with E-state index in [0.717, 1.165) is 30.0 Å². The van der Waals surface area contributed by atoms with Gasteiger partial charge in [-0.1, -0.05) is 6.07 Å². The zero-order valence-electron chi connectivity index (χ0n) is 17.4. The van der Waals surface area contributed by atoms with Crippen LogP contribution in [0.3, 0.4) is 0 Å². The number of nitrogens with zero attached hydrogens (tertiary/aromatic N) is 1. The number of benzene rings is 2. The third-order valence-corrected chi connectivity index (χ3v) is 4.09. The second-order valence-electron chi connectivity index (χ2n) is 5.98. The van der Waals surface area contributed by atoms with Gasteiger partial charge in [-0.3, -0.25) is 4.99 Å². The molecule has 0 amide bonds. The van der Waals surface area contributed by atoms with Crippen LogP contribution in [-0.2, 0) is 6.42 Å². The van der Waals surface area contributed by atoms with Crippen molar-refractivity contribution in [2.75, 3.05) is 39.8 Å². The number of rotatable bonds is 10. The number of nitrogens with two attached hydrogens (primary N) is 1. The average molecular weight is 515 g/mol. The molecule has 0 spiro atoms. The van der Waals surface area contributed by atoms with Gasteiger partial charge in [-0.2, -0.15) is 0 Å². The van der Waals surface area contributed by atoms with Crippen molar-refractivity contribution in [3.63, 3.8) is 0 Å². The molecule has 0 bridgehead atoms. The van der Waals surface area contributed by atoms with Crippen molar-refractivity contribution in [1.82, 2.24) is 0 Å². The fraction of sp³-hybridized carbons (Fsp3) is 0.381. The molecular formula is C21H30IN3O4. The van der Waals surface area contributed by atoms with E-state index in [-0.39, 0.29) is 24.0 Å². The molecule has 7 nitrogen and oxygen atoms in total. The van der Waals surface area contributed by atoms with Crippen LogP contribution in [0.25, 0.3) is 0 Å². The lowest BCUT2D eigenvalue weighted by Crippen LogP contribution is -2.22. The summed E-state index contributed by atoms with van der Waals surface area (Å²) in [6, 6.07) is 11.5. The molecule has 0 aliphatic heterocycles. The van der Waals surface area contributed by atoms with Crippen molar-refractivity contribution >= 4 is 35.6 Å². The molecule has 8 heteroatoms. The number of anilines is 1. The standard InChI is InChI=1S/C21H29N3O4.HI/c1-5-28-20-13-15(8-10-18(20)26-3)7-6-12-23-21(22)24-16-9-11-17(25-2)19(14-16)27-4;/h8-11,13-14H,5-7,12H2,1-4H3,(H3,22,23,24);1H. The number of methoxy groups -OCH3 is 3. The van der Waals surface area contributed by atoms with E-state index in [1.54, 1.807) is 21.3 Å². The van der Waals surface area contributed by atoms with Gasteiger partial charge in [0.25, 0.3) is 0 Å². The van der Waals surface area contributed by atoms with Crippen LogP contribution in [-0.4, -0.2) is 40.4 Å². The molecule has 160 valence electrons. The summed E-state index contributed by atoms with van der Waals surface area (Å²) in [6.07, 6.45) is 1.74. The fourth-order valence-corrected chi connectivity index (χ4v) is 2.73. The van der Waals surface area contributed by atoms with Gasteiger partial charge < -0.3 is 30.0 Å². The van der Waals surface area contributed by atoms with Gasteiger partial charge in [0.05, 0.1) is 27.9 Å². The van der Waals surface area contributed by atoms with Crippen LogP contribution in [0.2, 0.25) is 0 Å². The van der Waals surface area contributed by atoms with E-state index in [1.807, 2.05) is 43.3 Å². The highest BCUT2D eigenvalue weighted by Crippen LogP contribution is 2.30. The summed E-state index contributed by atoms with van der Waals surface area (Å²) in [4.78, 5) is 4.38. The number of hydrogen-bond donors (Lipinski definition) is 2. The van der Waals surface area contributed by atoms with E-state index in [2.05, 4.69) is 10.3 Å². The van der Waals surface area contributed by atoms with E-state index in [0.29, 0.717) is 30.6 Å². The van der Waals surface area contributed by atoms with Gasteiger partial charge in [-0.15, -0.1) is 24.0 Å². The predicted molar refractivity (Wildman–Crippen MR) is 128 cm³/mol. The summed E-state index contributed by atoms with van der Waals surface area (Å²) < 4.78 is 21.4. The topological polar surface area (TPSA) is 87.3 Å². The van der Waals surface area contributed by atoms with Crippen LogP contribution in [0.4, 0.5) is 5.69 Å². The summed E-state index contributed by atoms with van der Waals surface area (Å²) in [6.45, 7) is 3.17. The SMILES string of the molecule is CCOc1cc(CCCN=C(N)Nc2ccc(OC)c(OC)c2)ccc1OC.I. The molecular weight excluding hydrogens is 485 g/mol. The molecule has 0 saturated heterocycles. The third kappa shape index (κ3) is 7.52. The molecule has 0 aliphatic rings. The van der Waals surface area contributed by atoms with E-state index in [4.69, 9.17) is 24.7 Å². The zero-order valence-corrected chi connectivity index (χ0v) is 19.7. The van der Waals surface area contributed by atoms with Crippen molar-refractivity contribution in [1.29, 1.82) is 0 Å². The normalized spacial score (nSPS) is 10.7. The van der Waals surface area contributed by atoms with Crippen molar-refractivity contribution in [3.8, 4) is 23.0 Å². The Morgan fingerprint density at radius 2 is 1.59 bits per heavy atom. The molecule has 0 saturated carbocycles. The first kappa shape index (κ1) is 24.7. The first-order valence-corrected chi connectivity index (χ1v) is 9.20. The maximum Gasteiger partial charge on any atom is 0.193 e. The molecule has 0 aromatic heterocycles. The lowest BCUT2D eigenvalue weighted by atomic mass is 10.1. The number of aliphatic imine (C=N–C) groups is 1. The van der Waals surface area contributed by atoms with Crippen LogP contribution in [0.15, 0.2) is 41.4 Å². The second kappa shape index (κ2) is 13.0. The van der Waals surface area contributed by atoms with Crippen LogP contribution < -0.4 is 30.0 Å². The molecule has 0 unspecified atom stereocenters. The summed E-state index contributed by atoms with van der Waals surface area (Å²) in [5.41, 5.74) is 7.94. The van der Waals surface area contributed by atoms with E-state index >= 15 is 0 Å². The Labute approximate surface area is 189 Å². The summed E-state index contributed by atoms with van der Waals surface area (Å²) >= 11 is 0. The van der Waals surface area contributed by atoms with Crippen molar-refractivity contribution < 1.29 is 18.9 Å². The van der Waals surface area contributed by atoms with Gasteiger partial charge in [-0.05, 0) is 49.6 Å². The molecule has 2 aromatic carbocycles. The molecule has 29 heavy (non-hydrogen) atoms. The molecule has 2 aromatic rings. The van der Waals surface area contributed by atoms with Gasteiger partial charge in [0.2, 0.25) is 0 Å². The number of hydrogen-bond acceptors (Lipinski definition) is 5. The minimum atomic E-state index is 0. The van der Waals surface area contributed by atoms with Crippen LogP contribution in [0.1, 0.15) is 18.9 Å².